The van der Waals surface area contributed by atoms with Crippen LogP contribution < -0.4 is 11.1 Å². The van der Waals surface area contributed by atoms with E-state index >= 15 is 0 Å². The molecule has 1 aliphatic carbocycles. The summed E-state index contributed by atoms with van der Waals surface area (Å²) in [5.41, 5.74) is 5.72. The molecule has 5 heteroatoms. The molecule has 0 aromatic rings. The summed E-state index contributed by atoms with van der Waals surface area (Å²) in [6.45, 7) is 2.54. The Kier molecular flexibility index (Phi) is 5.31. The smallest absolute Gasteiger partial charge is 0.248 e. The monoisotopic (exact) mass is 248 g/mol. The molecule has 0 saturated heterocycles. The summed E-state index contributed by atoms with van der Waals surface area (Å²) in [5.74, 6) is -2.90. The zero-order valence-corrected chi connectivity index (χ0v) is 10.3. The van der Waals surface area contributed by atoms with Gasteiger partial charge in [0.2, 0.25) is 11.8 Å². The van der Waals surface area contributed by atoms with Gasteiger partial charge in [0.05, 0.1) is 0 Å². The van der Waals surface area contributed by atoms with Crippen LogP contribution in [0.15, 0.2) is 0 Å². The van der Waals surface area contributed by atoms with E-state index in [4.69, 9.17) is 5.73 Å². The minimum absolute atomic E-state index is 0.0937. The van der Waals surface area contributed by atoms with Gasteiger partial charge in [-0.25, -0.2) is 8.78 Å². The molecule has 3 nitrogen and oxygen atoms in total. The molecule has 0 aromatic carbocycles. The summed E-state index contributed by atoms with van der Waals surface area (Å²) in [7, 11) is 0. The molecular weight excluding hydrogens is 226 g/mol. The van der Waals surface area contributed by atoms with Crippen molar-refractivity contribution in [1.29, 1.82) is 0 Å². The van der Waals surface area contributed by atoms with Crippen molar-refractivity contribution >= 4 is 5.91 Å². The van der Waals surface area contributed by atoms with Gasteiger partial charge in [-0.1, -0.05) is 6.92 Å². The van der Waals surface area contributed by atoms with Gasteiger partial charge in [-0.2, -0.15) is 0 Å². The molecule has 0 spiro atoms. The van der Waals surface area contributed by atoms with E-state index in [0.29, 0.717) is 19.4 Å². The van der Waals surface area contributed by atoms with E-state index in [1.807, 2.05) is 6.92 Å². The van der Waals surface area contributed by atoms with Gasteiger partial charge < -0.3 is 11.1 Å². The molecule has 1 amide bonds. The molecule has 1 atom stereocenters. The molecule has 0 bridgehead atoms. The first-order valence-corrected chi connectivity index (χ1v) is 6.35. The molecule has 0 aromatic heterocycles. The SMILES string of the molecule is CCC(N)CCNC(=O)C1CCC(F)(F)CC1. The molecular formula is C12H22F2N2O. The number of halogens is 2. The third-order valence-corrected chi connectivity index (χ3v) is 3.43. The Morgan fingerprint density at radius 3 is 2.59 bits per heavy atom. The molecule has 100 valence electrons. The summed E-state index contributed by atoms with van der Waals surface area (Å²) < 4.78 is 25.8. The van der Waals surface area contributed by atoms with Crippen molar-refractivity contribution in [3.05, 3.63) is 0 Å². The van der Waals surface area contributed by atoms with E-state index in [1.54, 1.807) is 0 Å². The molecule has 0 aliphatic heterocycles. The second-order valence-electron chi connectivity index (χ2n) is 4.88. The van der Waals surface area contributed by atoms with E-state index in [-0.39, 0.29) is 30.7 Å². The average molecular weight is 248 g/mol. The van der Waals surface area contributed by atoms with Crippen molar-refractivity contribution < 1.29 is 13.6 Å². The van der Waals surface area contributed by atoms with Crippen LogP contribution in [0, 0.1) is 5.92 Å². The first-order valence-electron chi connectivity index (χ1n) is 6.35. The quantitative estimate of drug-likeness (QED) is 0.782. The highest BCUT2D eigenvalue weighted by molar-refractivity contribution is 5.78. The van der Waals surface area contributed by atoms with Gasteiger partial charge in [0.15, 0.2) is 0 Å². The first kappa shape index (κ1) is 14.4. The van der Waals surface area contributed by atoms with Crippen LogP contribution in [0.4, 0.5) is 8.78 Å². The fraction of sp³-hybridized carbons (Fsp3) is 0.917. The number of nitrogens with one attached hydrogen (secondary N) is 1. The molecule has 1 saturated carbocycles. The average Bonchev–Trinajstić information content (AvgIpc) is 2.28. The highest BCUT2D eigenvalue weighted by atomic mass is 19.3. The Labute approximate surface area is 101 Å². The summed E-state index contributed by atoms with van der Waals surface area (Å²) in [5, 5.41) is 2.78. The van der Waals surface area contributed by atoms with E-state index in [2.05, 4.69) is 5.32 Å². The molecule has 1 fully saturated rings. The predicted octanol–water partition coefficient (Wildman–Crippen LogP) is 2.06. The van der Waals surface area contributed by atoms with E-state index in [1.165, 1.54) is 0 Å². The van der Waals surface area contributed by atoms with Crippen molar-refractivity contribution in [2.24, 2.45) is 11.7 Å². The Bertz CT molecular complexity index is 249. The number of carbonyl (C=O) groups is 1. The fourth-order valence-corrected chi connectivity index (χ4v) is 2.03. The van der Waals surface area contributed by atoms with Gasteiger partial charge in [0, 0.05) is 31.3 Å². The van der Waals surface area contributed by atoms with Crippen LogP contribution in [0.1, 0.15) is 45.4 Å². The zero-order valence-electron chi connectivity index (χ0n) is 10.3. The summed E-state index contributed by atoms with van der Waals surface area (Å²) in [6, 6.07) is 0.103. The van der Waals surface area contributed by atoms with Crippen LogP contribution in [-0.2, 0) is 4.79 Å². The Hall–Kier alpha value is -0.710. The van der Waals surface area contributed by atoms with E-state index < -0.39 is 5.92 Å². The largest absolute Gasteiger partial charge is 0.356 e. The van der Waals surface area contributed by atoms with Gasteiger partial charge in [-0.05, 0) is 25.7 Å². The standard InChI is InChI=1S/C12H22F2N2O/c1-2-10(15)5-8-16-11(17)9-3-6-12(13,14)7-4-9/h9-10H,2-8,15H2,1H3,(H,16,17). The second-order valence-corrected chi connectivity index (χ2v) is 4.88. The minimum atomic E-state index is -2.57. The second kappa shape index (κ2) is 6.28. The number of hydrogen-bond donors (Lipinski definition) is 2. The van der Waals surface area contributed by atoms with E-state index in [0.717, 1.165) is 12.8 Å². The van der Waals surface area contributed by atoms with Crippen molar-refractivity contribution in [3.8, 4) is 0 Å². The Morgan fingerprint density at radius 1 is 1.47 bits per heavy atom. The van der Waals surface area contributed by atoms with Gasteiger partial charge in [-0.3, -0.25) is 4.79 Å². The molecule has 3 N–H and O–H groups in total. The van der Waals surface area contributed by atoms with Crippen molar-refractivity contribution in [2.45, 2.75) is 57.4 Å². The van der Waals surface area contributed by atoms with Gasteiger partial charge in [0.1, 0.15) is 0 Å². The van der Waals surface area contributed by atoms with Crippen molar-refractivity contribution in [3.63, 3.8) is 0 Å². The molecule has 1 rings (SSSR count). The van der Waals surface area contributed by atoms with Crippen LogP contribution in [-0.4, -0.2) is 24.4 Å². The van der Waals surface area contributed by atoms with Crippen LogP contribution in [0.3, 0.4) is 0 Å². The normalized spacial score (nSPS) is 22.1. The maximum absolute atomic E-state index is 12.9. The maximum Gasteiger partial charge on any atom is 0.248 e. The molecule has 17 heavy (non-hydrogen) atoms. The van der Waals surface area contributed by atoms with Gasteiger partial charge in [0.25, 0.3) is 0 Å². The number of amides is 1. The maximum atomic E-state index is 12.9. The van der Waals surface area contributed by atoms with Crippen molar-refractivity contribution in [1.82, 2.24) is 5.32 Å². The number of rotatable bonds is 5. The number of hydrogen-bond acceptors (Lipinski definition) is 2. The number of alkyl halides is 2. The van der Waals surface area contributed by atoms with Crippen LogP contribution in [0.25, 0.3) is 0 Å². The summed E-state index contributed by atoms with van der Waals surface area (Å²) in [6.07, 6.45) is 1.87. The van der Waals surface area contributed by atoms with Gasteiger partial charge >= 0.3 is 0 Å². The van der Waals surface area contributed by atoms with E-state index in [9.17, 15) is 13.6 Å². The summed E-state index contributed by atoms with van der Waals surface area (Å²) in [4.78, 5) is 11.7. The van der Waals surface area contributed by atoms with Crippen LogP contribution in [0.2, 0.25) is 0 Å². The van der Waals surface area contributed by atoms with Crippen LogP contribution >= 0.6 is 0 Å². The number of carbonyl (C=O) groups excluding carboxylic acids is 1. The Morgan fingerprint density at radius 2 is 2.06 bits per heavy atom. The number of nitrogens with two attached hydrogens (primary N) is 1. The lowest BCUT2D eigenvalue weighted by atomic mass is 9.86. The summed E-state index contributed by atoms with van der Waals surface area (Å²) >= 11 is 0. The topological polar surface area (TPSA) is 55.1 Å². The Balaban J connectivity index is 2.21. The highest BCUT2D eigenvalue weighted by Crippen LogP contribution is 2.36. The fourth-order valence-electron chi connectivity index (χ4n) is 2.03. The lowest BCUT2D eigenvalue weighted by Crippen LogP contribution is -2.37. The molecule has 0 heterocycles. The zero-order chi connectivity index (χ0) is 12.9. The van der Waals surface area contributed by atoms with Gasteiger partial charge in [-0.15, -0.1) is 0 Å². The lowest BCUT2D eigenvalue weighted by Gasteiger charge is -2.27. The molecule has 0 radical (unpaired) electrons. The third kappa shape index (κ3) is 4.98. The first-order chi connectivity index (χ1) is 7.94. The molecule has 1 unspecified atom stereocenters. The predicted molar refractivity (Wildman–Crippen MR) is 62.8 cm³/mol. The van der Waals surface area contributed by atoms with Crippen molar-refractivity contribution in [2.75, 3.05) is 6.54 Å². The molecule has 1 aliphatic rings. The van der Waals surface area contributed by atoms with Crippen LogP contribution in [0.5, 0.6) is 0 Å². The highest BCUT2D eigenvalue weighted by Gasteiger charge is 2.37. The third-order valence-electron chi connectivity index (χ3n) is 3.43. The minimum Gasteiger partial charge on any atom is -0.356 e. The lowest BCUT2D eigenvalue weighted by molar-refractivity contribution is -0.129.